The Morgan fingerprint density at radius 2 is 2.46 bits per heavy atom. The monoisotopic (exact) mass is 219 g/mol. The summed E-state index contributed by atoms with van der Waals surface area (Å²) in [5.74, 6) is 1.53. The maximum Gasteiger partial charge on any atom is 0.217 e. The molecule has 0 radical (unpaired) electrons. The van der Waals surface area contributed by atoms with Crippen LogP contribution >= 0.6 is 23.7 Å². The summed E-state index contributed by atoms with van der Waals surface area (Å²) in [7, 11) is 0. The van der Waals surface area contributed by atoms with Gasteiger partial charge in [-0.2, -0.15) is 0 Å². The lowest BCUT2D eigenvalue weighted by molar-refractivity contribution is -0.129. The van der Waals surface area contributed by atoms with Crippen LogP contribution in [0.2, 0.25) is 0 Å². The largest absolute Gasteiger partial charge is 0.297 e. The van der Waals surface area contributed by atoms with E-state index >= 15 is 0 Å². The van der Waals surface area contributed by atoms with E-state index in [9.17, 15) is 9.59 Å². The van der Waals surface area contributed by atoms with Crippen molar-refractivity contribution in [2.24, 2.45) is 0 Å². The molecular formula is C8H13NO2S2. The Balaban J connectivity index is 2.74. The van der Waals surface area contributed by atoms with Gasteiger partial charge in [0, 0.05) is 11.5 Å². The second-order valence-electron chi connectivity index (χ2n) is 2.88. The van der Waals surface area contributed by atoms with Gasteiger partial charge in [-0.25, -0.2) is 4.72 Å². The average molecular weight is 219 g/mol. The van der Waals surface area contributed by atoms with Crippen molar-refractivity contribution in [1.82, 2.24) is 4.72 Å². The molecule has 1 unspecified atom stereocenters. The molecule has 1 aliphatic heterocycles. The van der Waals surface area contributed by atoms with E-state index in [0.717, 1.165) is 11.5 Å². The van der Waals surface area contributed by atoms with Gasteiger partial charge in [0.05, 0.1) is 0 Å². The number of Topliss-reactive ketones (excluding diaryl/α,β-unsaturated/α-hetero) is 1. The first kappa shape index (κ1) is 11.1. The molecule has 1 heterocycles. The molecule has 1 saturated heterocycles. The van der Waals surface area contributed by atoms with Gasteiger partial charge in [0.2, 0.25) is 5.12 Å². The van der Waals surface area contributed by atoms with Crippen molar-refractivity contribution < 1.29 is 9.59 Å². The Labute approximate surface area is 86.5 Å². The van der Waals surface area contributed by atoms with Gasteiger partial charge >= 0.3 is 0 Å². The number of rotatable bonds is 4. The number of hydrogen-bond donors (Lipinski definition) is 1. The van der Waals surface area contributed by atoms with Crippen molar-refractivity contribution in [3.8, 4) is 0 Å². The quantitative estimate of drug-likeness (QED) is 0.569. The molecule has 1 N–H and O–H groups in total. The minimum absolute atomic E-state index is 0.0269. The zero-order chi connectivity index (χ0) is 9.90. The molecule has 0 saturated carbocycles. The number of ketones is 1. The third kappa shape index (κ3) is 2.08. The molecule has 1 aliphatic rings. The van der Waals surface area contributed by atoms with Crippen molar-refractivity contribution >= 4 is 34.6 Å². The van der Waals surface area contributed by atoms with E-state index in [2.05, 4.69) is 4.72 Å². The third-order valence-electron chi connectivity index (χ3n) is 2.05. The van der Waals surface area contributed by atoms with Gasteiger partial charge in [-0.1, -0.05) is 30.6 Å². The fourth-order valence-corrected chi connectivity index (χ4v) is 3.13. The SMILES string of the molecule is CCSNC1(C(C)=O)CCSC1=O. The predicted octanol–water partition coefficient (Wildman–Crippen LogP) is 1.24. The molecular weight excluding hydrogens is 206 g/mol. The number of nitrogens with one attached hydrogen (secondary N) is 1. The van der Waals surface area contributed by atoms with Crippen molar-refractivity contribution in [1.29, 1.82) is 0 Å². The highest BCUT2D eigenvalue weighted by Gasteiger charge is 2.46. The van der Waals surface area contributed by atoms with Gasteiger partial charge in [-0.05, 0) is 13.3 Å². The van der Waals surface area contributed by atoms with Gasteiger partial charge in [0.25, 0.3) is 0 Å². The molecule has 1 rings (SSSR count). The second-order valence-corrected chi connectivity index (χ2v) is 5.02. The van der Waals surface area contributed by atoms with Gasteiger partial charge in [-0.3, -0.25) is 9.59 Å². The highest BCUT2D eigenvalue weighted by molar-refractivity contribution is 8.14. The van der Waals surface area contributed by atoms with Crippen LogP contribution in [0.3, 0.4) is 0 Å². The molecule has 5 heteroatoms. The molecule has 74 valence electrons. The summed E-state index contributed by atoms with van der Waals surface area (Å²) in [4.78, 5) is 22.9. The molecule has 0 aromatic carbocycles. The summed E-state index contributed by atoms with van der Waals surface area (Å²) < 4.78 is 2.99. The standard InChI is InChI=1S/C8H13NO2S2/c1-3-13-9-8(6(2)10)4-5-12-7(8)11/h9H,3-5H2,1-2H3. The predicted molar refractivity (Wildman–Crippen MR) is 56.8 cm³/mol. The summed E-state index contributed by atoms with van der Waals surface area (Å²) in [6.07, 6.45) is 0.624. The van der Waals surface area contributed by atoms with Crippen LogP contribution in [-0.4, -0.2) is 27.9 Å². The van der Waals surface area contributed by atoms with E-state index in [-0.39, 0.29) is 10.9 Å². The Morgan fingerprint density at radius 1 is 1.77 bits per heavy atom. The Hall–Kier alpha value is -0.0000000000000000555. The van der Waals surface area contributed by atoms with E-state index in [1.165, 1.54) is 30.6 Å². The Kier molecular flexibility index (Phi) is 3.82. The lowest BCUT2D eigenvalue weighted by Gasteiger charge is -2.23. The van der Waals surface area contributed by atoms with E-state index in [1.807, 2.05) is 6.92 Å². The van der Waals surface area contributed by atoms with E-state index in [0.29, 0.717) is 6.42 Å². The maximum absolute atomic E-state index is 11.5. The summed E-state index contributed by atoms with van der Waals surface area (Å²) in [6, 6.07) is 0. The van der Waals surface area contributed by atoms with Crippen molar-refractivity contribution in [2.75, 3.05) is 11.5 Å². The summed E-state index contributed by atoms with van der Waals surface area (Å²) in [5.41, 5.74) is -0.897. The van der Waals surface area contributed by atoms with Crippen LogP contribution in [0.15, 0.2) is 0 Å². The first-order valence-electron chi connectivity index (χ1n) is 4.20. The summed E-state index contributed by atoms with van der Waals surface area (Å²) >= 11 is 2.68. The maximum atomic E-state index is 11.5. The lowest BCUT2D eigenvalue weighted by Crippen LogP contribution is -2.51. The minimum Gasteiger partial charge on any atom is -0.297 e. The highest BCUT2D eigenvalue weighted by atomic mass is 32.2. The van der Waals surface area contributed by atoms with Crippen LogP contribution in [0.4, 0.5) is 0 Å². The van der Waals surface area contributed by atoms with Crippen molar-refractivity contribution in [3.63, 3.8) is 0 Å². The summed E-state index contributed by atoms with van der Waals surface area (Å²) in [5, 5.41) is -0.0269. The van der Waals surface area contributed by atoms with Gasteiger partial charge in [0.15, 0.2) is 11.3 Å². The van der Waals surface area contributed by atoms with E-state index in [1.54, 1.807) is 0 Å². The first-order chi connectivity index (χ1) is 6.13. The fraction of sp³-hybridized carbons (Fsp3) is 0.750. The molecule has 0 aromatic heterocycles. The fourth-order valence-electron chi connectivity index (χ4n) is 1.20. The van der Waals surface area contributed by atoms with Crippen molar-refractivity contribution in [3.05, 3.63) is 0 Å². The molecule has 0 amide bonds. The van der Waals surface area contributed by atoms with E-state index in [4.69, 9.17) is 0 Å². The molecule has 1 fully saturated rings. The van der Waals surface area contributed by atoms with E-state index < -0.39 is 5.54 Å². The normalized spacial score (nSPS) is 28.0. The highest BCUT2D eigenvalue weighted by Crippen LogP contribution is 2.32. The van der Waals surface area contributed by atoms with Gasteiger partial charge in [0.1, 0.15) is 0 Å². The lowest BCUT2D eigenvalue weighted by atomic mass is 9.95. The van der Waals surface area contributed by atoms with Gasteiger partial charge in [-0.15, -0.1) is 0 Å². The van der Waals surface area contributed by atoms with Gasteiger partial charge < -0.3 is 0 Å². The Morgan fingerprint density at radius 3 is 2.85 bits per heavy atom. The van der Waals surface area contributed by atoms with Crippen LogP contribution in [0.1, 0.15) is 20.3 Å². The topological polar surface area (TPSA) is 46.2 Å². The van der Waals surface area contributed by atoms with Crippen LogP contribution in [-0.2, 0) is 9.59 Å². The van der Waals surface area contributed by atoms with Crippen LogP contribution in [0.5, 0.6) is 0 Å². The van der Waals surface area contributed by atoms with Crippen LogP contribution in [0.25, 0.3) is 0 Å². The zero-order valence-corrected chi connectivity index (χ0v) is 9.39. The Bertz CT molecular complexity index is 232. The zero-order valence-electron chi connectivity index (χ0n) is 7.75. The second kappa shape index (κ2) is 4.48. The number of thioether (sulfide) groups is 1. The smallest absolute Gasteiger partial charge is 0.217 e. The molecule has 3 nitrogen and oxygen atoms in total. The number of carbonyl (C=O) groups excluding carboxylic acids is 2. The number of hydrogen-bond acceptors (Lipinski definition) is 5. The first-order valence-corrected chi connectivity index (χ1v) is 6.18. The van der Waals surface area contributed by atoms with Crippen molar-refractivity contribution in [2.45, 2.75) is 25.8 Å². The molecule has 0 aliphatic carbocycles. The average Bonchev–Trinajstić information content (AvgIpc) is 2.45. The van der Waals surface area contributed by atoms with Crippen LogP contribution in [0, 0.1) is 0 Å². The molecule has 0 spiro atoms. The molecule has 0 aromatic rings. The molecule has 13 heavy (non-hydrogen) atoms. The minimum atomic E-state index is -0.897. The van der Waals surface area contributed by atoms with Crippen LogP contribution < -0.4 is 4.72 Å². The third-order valence-corrected chi connectivity index (χ3v) is 3.85. The summed E-state index contributed by atoms with van der Waals surface area (Å²) in [6.45, 7) is 3.46. The molecule has 0 bridgehead atoms. The number of carbonyl (C=O) groups is 2. The molecule has 1 atom stereocenters.